The third kappa shape index (κ3) is 4.57. The fourth-order valence-corrected chi connectivity index (χ4v) is 1.46. The molecule has 1 rings (SSSR count). The first-order chi connectivity index (χ1) is 8.17. The van der Waals surface area contributed by atoms with Gasteiger partial charge in [-0.05, 0) is 37.5 Å². The van der Waals surface area contributed by atoms with Gasteiger partial charge in [0.15, 0.2) is 6.29 Å². The first kappa shape index (κ1) is 13.7. The zero-order valence-electron chi connectivity index (χ0n) is 10.7. The second-order valence-electron chi connectivity index (χ2n) is 4.01. The predicted molar refractivity (Wildman–Crippen MR) is 66.9 cm³/mol. The Hall–Kier alpha value is -1.35. The van der Waals surface area contributed by atoms with Crippen molar-refractivity contribution in [2.24, 2.45) is 0 Å². The molecule has 0 aliphatic carbocycles. The molecule has 0 aliphatic rings. The van der Waals surface area contributed by atoms with Crippen LogP contribution in [0.25, 0.3) is 0 Å². The van der Waals surface area contributed by atoms with Crippen LogP contribution in [0.5, 0.6) is 0 Å². The van der Waals surface area contributed by atoms with Crippen molar-refractivity contribution < 1.29 is 14.3 Å². The lowest BCUT2D eigenvalue weighted by Crippen LogP contribution is -2.16. The quantitative estimate of drug-likeness (QED) is 0.562. The second-order valence-corrected chi connectivity index (χ2v) is 4.01. The highest BCUT2D eigenvalue weighted by Crippen LogP contribution is 2.10. The van der Waals surface area contributed by atoms with E-state index >= 15 is 0 Å². The van der Waals surface area contributed by atoms with Crippen molar-refractivity contribution in [3.8, 4) is 0 Å². The van der Waals surface area contributed by atoms with Crippen molar-refractivity contribution >= 4 is 5.97 Å². The van der Waals surface area contributed by atoms with Crippen LogP contribution in [-0.4, -0.2) is 19.4 Å². The number of rotatable bonds is 6. The van der Waals surface area contributed by atoms with Crippen LogP contribution in [-0.2, 0) is 15.9 Å². The Balaban J connectivity index is 2.57. The van der Waals surface area contributed by atoms with Crippen LogP contribution >= 0.6 is 0 Å². The lowest BCUT2D eigenvalue weighted by molar-refractivity contribution is -0.0773. The topological polar surface area (TPSA) is 35.5 Å². The SMILES string of the molecule is CCCCc1ccc(C(=O)OC(C)OC)cc1. The van der Waals surface area contributed by atoms with Crippen molar-refractivity contribution in [3.05, 3.63) is 35.4 Å². The van der Waals surface area contributed by atoms with Gasteiger partial charge in [-0.1, -0.05) is 25.5 Å². The molecule has 17 heavy (non-hydrogen) atoms. The molecule has 0 saturated carbocycles. The van der Waals surface area contributed by atoms with E-state index in [1.807, 2.05) is 12.1 Å². The number of aryl methyl sites for hydroxylation is 1. The monoisotopic (exact) mass is 236 g/mol. The molecule has 1 aromatic carbocycles. The molecule has 0 N–H and O–H groups in total. The highest BCUT2D eigenvalue weighted by atomic mass is 16.7. The Bertz CT molecular complexity index is 343. The van der Waals surface area contributed by atoms with Gasteiger partial charge in [0.1, 0.15) is 0 Å². The standard InChI is InChI=1S/C14H20O3/c1-4-5-6-12-7-9-13(10-8-12)14(15)17-11(2)16-3/h7-11H,4-6H2,1-3H3. The van der Waals surface area contributed by atoms with E-state index in [0.29, 0.717) is 5.56 Å². The van der Waals surface area contributed by atoms with Gasteiger partial charge in [-0.3, -0.25) is 0 Å². The van der Waals surface area contributed by atoms with Gasteiger partial charge in [-0.15, -0.1) is 0 Å². The predicted octanol–water partition coefficient (Wildman–Crippen LogP) is 3.18. The van der Waals surface area contributed by atoms with Gasteiger partial charge in [0.05, 0.1) is 5.56 Å². The van der Waals surface area contributed by atoms with Crippen LogP contribution in [0.15, 0.2) is 24.3 Å². The van der Waals surface area contributed by atoms with Crippen molar-refractivity contribution in [1.29, 1.82) is 0 Å². The maximum atomic E-state index is 11.6. The number of carbonyl (C=O) groups excluding carboxylic acids is 1. The summed E-state index contributed by atoms with van der Waals surface area (Å²) in [7, 11) is 1.51. The van der Waals surface area contributed by atoms with E-state index in [2.05, 4.69) is 6.92 Å². The molecule has 94 valence electrons. The fourth-order valence-electron chi connectivity index (χ4n) is 1.46. The Kier molecular flexibility index (Phi) is 5.70. The fraction of sp³-hybridized carbons (Fsp3) is 0.500. The molecule has 0 fully saturated rings. The van der Waals surface area contributed by atoms with E-state index in [9.17, 15) is 4.79 Å². The average molecular weight is 236 g/mol. The molecule has 1 aromatic rings. The second kappa shape index (κ2) is 7.07. The lowest BCUT2D eigenvalue weighted by Gasteiger charge is -2.11. The Labute approximate surface area is 103 Å². The van der Waals surface area contributed by atoms with Crippen molar-refractivity contribution in [2.75, 3.05) is 7.11 Å². The third-order valence-corrected chi connectivity index (χ3v) is 2.61. The summed E-state index contributed by atoms with van der Waals surface area (Å²) in [5.41, 5.74) is 1.82. The van der Waals surface area contributed by atoms with Gasteiger partial charge in [0.2, 0.25) is 0 Å². The molecule has 0 heterocycles. The molecule has 1 atom stereocenters. The summed E-state index contributed by atoms with van der Waals surface area (Å²) in [5.74, 6) is -0.346. The molecule has 3 heteroatoms. The summed E-state index contributed by atoms with van der Waals surface area (Å²) in [4.78, 5) is 11.6. The van der Waals surface area contributed by atoms with Crippen molar-refractivity contribution in [3.63, 3.8) is 0 Å². The molecule has 1 unspecified atom stereocenters. The lowest BCUT2D eigenvalue weighted by atomic mass is 10.1. The average Bonchev–Trinajstić information content (AvgIpc) is 2.36. The van der Waals surface area contributed by atoms with Gasteiger partial charge in [-0.25, -0.2) is 4.79 Å². The molecule has 0 bridgehead atoms. The maximum absolute atomic E-state index is 11.6. The van der Waals surface area contributed by atoms with E-state index in [-0.39, 0.29) is 5.97 Å². The normalized spacial score (nSPS) is 12.2. The molecular formula is C14H20O3. The van der Waals surface area contributed by atoms with Crippen LogP contribution in [0.2, 0.25) is 0 Å². The Morgan fingerprint density at radius 2 is 1.94 bits per heavy atom. The summed E-state index contributed by atoms with van der Waals surface area (Å²) < 4.78 is 9.92. The molecule has 0 aliphatic heterocycles. The first-order valence-corrected chi connectivity index (χ1v) is 6.00. The number of unbranched alkanes of at least 4 members (excludes halogenated alkanes) is 1. The van der Waals surface area contributed by atoms with Gasteiger partial charge < -0.3 is 9.47 Å². The molecule has 0 radical (unpaired) electrons. The third-order valence-electron chi connectivity index (χ3n) is 2.61. The van der Waals surface area contributed by atoms with E-state index < -0.39 is 6.29 Å². The summed E-state index contributed by atoms with van der Waals surface area (Å²) >= 11 is 0. The van der Waals surface area contributed by atoms with Crippen molar-refractivity contribution in [1.82, 2.24) is 0 Å². The van der Waals surface area contributed by atoms with Crippen LogP contribution in [0.4, 0.5) is 0 Å². The van der Waals surface area contributed by atoms with Crippen molar-refractivity contribution in [2.45, 2.75) is 39.4 Å². The Morgan fingerprint density at radius 1 is 1.29 bits per heavy atom. The number of hydrogen-bond acceptors (Lipinski definition) is 3. The van der Waals surface area contributed by atoms with E-state index in [0.717, 1.165) is 6.42 Å². The number of hydrogen-bond donors (Lipinski definition) is 0. The van der Waals surface area contributed by atoms with E-state index in [1.54, 1.807) is 19.1 Å². The van der Waals surface area contributed by atoms with Crippen LogP contribution in [0, 0.1) is 0 Å². The minimum Gasteiger partial charge on any atom is -0.432 e. The number of methoxy groups -OCH3 is 1. The molecule has 0 saturated heterocycles. The van der Waals surface area contributed by atoms with Gasteiger partial charge in [0, 0.05) is 7.11 Å². The highest BCUT2D eigenvalue weighted by molar-refractivity contribution is 5.89. The smallest absolute Gasteiger partial charge is 0.340 e. The minimum absolute atomic E-state index is 0.346. The highest BCUT2D eigenvalue weighted by Gasteiger charge is 2.10. The summed E-state index contributed by atoms with van der Waals surface area (Å²) in [6, 6.07) is 7.55. The van der Waals surface area contributed by atoms with Crippen LogP contribution in [0.1, 0.15) is 42.6 Å². The zero-order valence-corrected chi connectivity index (χ0v) is 10.7. The van der Waals surface area contributed by atoms with Gasteiger partial charge in [-0.2, -0.15) is 0 Å². The first-order valence-electron chi connectivity index (χ1n) is 6.00. The number of carbonyl (C=O) groups is 1. The summed E-state index contributed by atoms with van der Waals surface area (Å²) in [6.45, 7) is 3.85. The number of benzene rings is 1. The number of ether oxygens (including phenoxy) is 2. The van der Waals surface area contributed by atoms with E-state index in [4.69, 9.17) is 9.47 Å². The van der Waals surface area contributed by atoms with Crippen LogP contribution < -0.4 is 0 Å². The summed E-state index contributed by atoms with van der Waals surface area (Å²) in [6.07, 6.45) is 2.89. The summed E-state index contributed by atoms with van der Waals surface area (Å²) in [5, 5.41) is 0. The maximum Gasteiger partial charge on any atom is 0.340 e. The molecular weight excluding hydrogens is 216 g/mol. The zero-order chi connectivity index (χ0) is 12.7. The number of esters is 1. The minimum atomic E-state index is -0.512. The molecule has 0 spiro atoms. The molecule has 0 amide bonds. The largest absolute Gasteiger partial charge is 0.432 e. The van der Waals surface area contributed by atoms with E-state index in [1.165, 1.54) is 25.5 Å². The Morgan fingerprint density at radius 3 is 2.47 bits per heavy atom. The molecule has 3 nitrogen and oxygen atoms in total. The van der Waals surface area contributed by atoms with Gasteiger partial charge >= 0.3 is 5.97 Å². The van der Waals surface area contributed by atoms with Crippen LogP contribution in [0.3, 0.4) is 0 Å². The molecule has 0 aromatic heterocycles. The van der Waals surface area contributed by atoms with Gasteiger partial charge in [0.25, 0.3) is 0 Å².